The number of nitrogens with zero attached hydrogens (tertiary/aromatic N) is 2. The van der Waals surface area contributed by atoms with E-state index in [1.54, 1.807) is 11.8 Å². The maximum atomic E-state index is 11.1. The van der Waals surface area contributed by atoms with Crippen LogP contribution in [0.15, 0.2) is 0 Å². The minimum Gasteiger partial charge on any atom is -0.344 e. The predicted molar refractivity (Wildman–Crippen MR) is 57.0 cm³/mol. The number of nitrogens with two attached hydrogens (primary N) is 1. The van der Waals surface area contributed by atoms with E-state index in [4.69, 9.17) is 5.73 Å². The van der Waals surface area contributed by atoms with Gasteiger partial charge in [0.2, 0.25) is 5.91 Å². The molecule has 0 aromatic carbocycles. The summed E-state index contributed by atoms with van der Waals surface area (Å²) in [6, 6.07) is 0.521. The average Bonchev–Trinajstić information content (AvgIpc) is 2.53. The number of carbonyl (C=O) groups is 1. The Kier molecular flexibility index (Phi) is 4.35. The minimum absolute atomic E-state index is 0.143. The van der Waals surface area contributed by atoms with Crippen LogP contribution in [0.4, 0.5) is 0 Å². The first-order chi connectivity index (χ1) is 6.65. The van der Waals surface area contributed by atoms with Crippen molar-refractivity contribution in [2.24, 2.45) is 5.73 Å². The standard InChI is InChI=1S/C10H21N3O/c1-9(14)12(2)8-10-4-3-6-13(10)7-5-11/h10H,3-8,11H2,1-2H3. The van der Waals surface area contributed by atoms with Crippen LogP contribution in [0.1, 0.15) is 19.8 Å². The van der Waals surface area contributed by atoms with Crippen molar-refractivity contribution >= 4 is 5.91 Å². The van der Waals surface area contributed by atoms with Crippen LogP contribution < -0.4 is 5.73 Å². The van der Waals surface area contributed by atoms with Gasteiger partial charge in [0.1, 0.15) is 0 Å². The smallest absolute Gasteiger partial charge is 0.219 e. The van der Waals surface area contributed by atoms with E-state index in [2.05, 4.69) is 4.90 Å². The van der Waals surface area contributed by atoms with Gasteiger partial charge < -0.3 is 10.6 Å². The lowest BCUT2D eigenvalue weighted by molar-refractivity contribution is -0.128. The Bertz CT molecular complexity index is 196. The second-order valence-corrected chi connectivity index (χ2v) is 4.02. The van der Waals surface area contributed by atoms with Crippen LogP contribution in [-0.2, 0) is 4.79 Å². The molecular formula is C10H21N3O. The zero-order valence-electron chi connectivity index (χ0n) is 9.20. The molecule has 1 heterocycles. The van der Waals surface area contributed by atoms with Crippen molar-refractivity contribution in [2.45, 2.75) is 25.8 Å². The Labute approximate surface area is 86.0 Å². The second kappa shape index (κ2) is 5.32. The maximum Gasteiger partial charge on any atom is 0.219 e. The van der Waals surface area contributed by atoms with E-state index in [-0.39, 0.29) is 5.91 Å². The molecule has 14 heavy (non-hydrogen) atoms. The molecule has 4 nitrogen and oxygen atoms in total. The number of hydrogen-bond acceptors (Lipinski definition) is 3. The summed E-state index contributed by atoms with van der Waals surface area (Å²) in [6.07, 6.45) is 2.42. The van der Waals surface area contributed by atoms with Crippen LogP contribution in [-0.4, -0.2) is 55.0 Å². The molecule has 1 atom stereocenters. The lowest BCUT2D eigenvalue weighted by Gasteiger charge is -2.27. The minimum atomic E-state index is 0.143. The van der Waals surface area contributed by atoms with E-state index in [1.807, 2.05) is 7.05 Å². The van der Waals surface area contributed by atoms with Crippen LogP contribution in [0.3, 0.4) is 0 Å². The van der Waals surface area contributed by atoms with Crippen molar-refractivity contribution in [3.63, 3.8) is 0 Å². The van der Waals surface area contributed by atoms with Crippen LogP contribution in [0.5, 0.6) is 0 Å². The lowest BCUT2D eigenvalue weighted by atomic mass is 10.2. The SMILES string of the molecule is CC(=O)N(C)CC1CCCN1CCN. The lowest BCUT2D eigenvalue weighted by Crippen LogP contribution is -2.42. The number of likely N-dealkylation sites (tertiary alicyclic amines) is 1. The summed E-state index contributed by atoms with van der Waals surface area (Å²) >= 11 is 0. The third-order valence-electron chi connectivity index (χ3n) is 2.94. The Hall–Kier alpha value is -0.610. The van der Waals surface area contributed by atoms with E-state index in [0.29, 0.717) is 12.6 Å². The van der Waals surface area contributed by atoms with Gasteiger partial charge in [-0.1, -0.05) is 0 Å². The molecule has 0 aromatic rings. The number of likely N-dealkylation sites (N-methyl/N-ethyl adjacent to an activating group) is 1. The zero-order chi connectivity index (χ0) is 10.6. The summed E-state index contributed by atoms with van der Waals surface area (Å²) < 4.78 is 0. The molecule has 1 saturated heterocycles. The Balaban J connectivity index is 2.38. The summed E-state index contributed by atoms with van der Waals surface area (Å²) in [5.41, 5.74) is 5.54. The first-order valence-corrected chi connectivity index (χ1v) is 5.31. The van der Waals surface area contributed by atoms with Crippen LogP contribution >= 0.6 is 0 Å². The van der Waals surface area contributed by atoms with Gasteiger partial charge in [-0.2, -0.15) is 0 Å². The van der Waals surface area contributed by atoms with Crippen molar-refractivity contribution in [1.82, 2.24) is 9.80 Å². The Morgan fingerprint density at radius 2 is 2.36 bits per heavy atom. The topological polar surface area (TPSA) is 49.6 Å². The summed E-state index contributed by atoms with van der Waals surface area (Å²) in [5.74, 6) is 0.143. The largest absolute Gasteiger partial charge is 0.344 e. The average molecular weight is 199 g/mol. The summed E-state index contributed by atoms with van der Waals surface area (Å²) in [4.78, 5) is 15.3. The van der Waals surface area contributed by atoms with Gasteiger partial charge in [0.25, 0.3) is 0 Å². The van der Waals surface area contributed by atoms with E-state index >= 15 is 0 Å². The Morgan fingerprint density at radius 1 is 1.64 bits per heavy atom. The third kappa shape index (κ3) is 2.96. The molecular weight excluding hydrogens is 178 g/mol. The number of rotatable bonds is 4. The number of hydrogen-bond donors (Lipinski definition) is 1. The van der Waals surface area contributed by atoms with Crippen molar-refractivity contribution in [3.05, 3.63) is 0 Å². The molecule has 4 heteroatoms. The van der Waals surface area contributed by atoms with Gasteiger partial charge >= 0.3 is 0 Å². The number of carbonyl (C=O) groups excluding carboxylic acids is 1. The molecule has 2 N–H and O–H groups in total. The van der Waals surface area contributed by atoms with E-state index < -0.39 is 0 Å². The van der Waals surface area contributed by atoms with Crippen LogP contribution in [0, 0.1) is 0 Å². The molecule has 1 aliphatic rings. The van der Waals surface area contributed by atoms with Crippen LogP contribution in [0.25, 0.3) is 0 Å². The molecule has 1 fully saturated rings. The van der Waals surface area contributed by atoms with Gasteiger partial charge in [0.15, 0.2) is 0 Å². The highest BCUT2D eigenvalue weighted by atomic mass is 16.2. The molecule has 0 aromatic heterocycles. The fraction of sp³-hybridized carbons (Fsp3) is 0.900. The fourth-order valence-electron chi connectivity index (χ4n) is 2.01. The monoisotopic (exact) mass is 199 g/mol. The molecule has 1 amide bonds. The van der Waals surface area contributed by atoms with Crippen molar-refractivity contribution in [3.8, 4) is 0 Å². The molecule has 0 radical (unpaired) electrons. The summed E-state index contributed by atoms with van der Waals surface area (Å²) in [5, 5.41) is 0. The normalized spacial score (nSPS) is 22.6. The maximum absolute atomic E-state index is 11.1. The summed E-state index contributed by atoms with van der Waals surface area (Å²) in [7, 11) is 1.86. The molecule has 0 saturated carbocycles. The molecule has 82 valence electrons. The van der Waals surface area contributed by atoms with E-state index in [0.717, 1.165) is 19.6 Å². The highest BCUT2D eigenvalue weighted by molar-refractivity contribution is 5.72. The van der Waals surface area contributed by atoms with Gasteiger partial charge in [-0.15, -0.1) is 0 Å². The first kappa shape index (κ1) is 11.5. The molecule has 0 spiro atoms. The van der Waals surface area contributed by atoms with Crippen molar-refractivity contribution in [2.75, 3.05) is 33.2 Å². The molecule has 1 rings (SSSR count). The number of amides is 1. The molecule has 0 aliphatic carbocycles. The molecule has 1 aliphatic heterocycles. The van der Waals surface area contributed by atoms with E-state index in [9.17, 15) is 4.79 Å². The fourth-order valence-corrected chi connectivity index (χ4v) is 2.01. The van der Waals surface area contributed by atoms with Crippen molar-refractivity contribution in [1.29, 1.82) is 0 Å². The highest BCUT2D eigenvalue weighted by Gasteiger charge is 2.25. The second-order valence-electron chi connectivity index (χ2n) is 4.02. The van der Waals surface area contributed by atoms with Gasteiger partial charge in [0, 0.05) is 39.6 Å². The van der Waals surface area contributed by atoms with Gasteiger partial charge in [-0.3, -0.25) is 9.69 Å². The van der Waals surface area contributed by atoms with Crippen LogP contribution in [0.2, 0.25) is 0 Å². The predicted octanol–water partition coefficient (Wildman–Crippen LogP) is -0.112. The van der Waals surface area contributed by atoms with Gasteiger partial charge in [-0.05, 0) is 19.4 Å². The molecule has 1 unspecified atom stereocenters. The zero-order valence-corrected chi connectivity index (χ0v) is 9.20. The van der Waals surface area contributed by atoms with E-state index in [1.165, 1.54) is 12.8 Å². The summed E-state index contributed by atoms with van der Waals surface area (Å²) in [6.45, 7) is 5.25. The quantitative estimate of drug-likeness (QED) is 0.687. The Morgan fingerprint density at radius 3 is 2.93 bits per heavy atom. The third-order valence-corrected chi connectivity index (χ3v) is 2.94. The van der Waals surface area contributed by atoms with Crippen molar-refractivity contribution < 1.29 is 4.79 Å². The highest BCUT2D eigenvalue weighted by Crippen LogP contribution is 2.16. The van der Waals surface area contributed by atoms with Gasteiger partial charge in [-0.25, -0.2) is 0 Å². The first-order valence-electron chi connectivity index (χ1n) is 5.31. The molecule has 0 bridgehead atoms. The van der Waals surface area contributed by atoms with Gasteiger partial charge in [0.05, 0.1) is 0 Å².